The van der Waals surface area contributed by atoms with Gasteiger partial charge in [-0.3, -0.25) is 0 Å². The lowest BCUT2D eigenvalue weighted by atomic mass is 10.2. The van der Waals surface area contributed by atoms with Crippen LogP contribution in [0.15, 0.2) is 24.3 Å². The molecule has 1 aromatic heterocycles. The van der Waals surface area contributed by atoms with Crippen LogP contribution in [0.4, 0.5) is 10.5 Å². The zero-order chi connectivity index (χ0) is 11.5. The molecule has 0 amide bonds. The molecule has 16 heavy (non-hydrogen) atoms. The first kappa shape index (κ1) is 10.4. The largest absolute Gasteiger partial charge is 0.515 e. The normalized spacial score (nSPS) is 10.3. The van der Waals surface area contributed by atoms with E-state index in [4.69, 9.17) is 10.5 Å². The number of nitrogens with one attached hydrogen (secondary N) is 1. The summed E-state index contributed by atoms with van der Waals surface area (Å²) in [6.45, 7) is 2.00. The molecule has 0 unspecified atom stereocenters. The first-order valence-corrected chi connectivity index (χ1v) is 4.92. The lowest BCUT2D eigenvalue weighted by molar-refractivity contribution is 0.103. The molecule has 5 heteroatoms. The van der Waals surface area contributed by atoms with E-state index in [0.717, 1.165) is 10.9 Å². The van der Waals surface area contributed by atoms with Gasteiger partial charge in [0.15, 0.2) is 0 Å². The second-order valence-electron chi connectivity index (χ2n) is 3.27. The van der Waals surface area contributed by atoms with Crippen molar-refractivity contribution < 1.29 is 14.3 Å². The number of nitrogens with two attached hydrogens (primary N) is 1. The van der Waals surface area contributed by atoms with Crippen LogP contribution in [0, 0.1) is 0 Å². The van der Waals surface area contributed by atoms with E-state index in [9.17, 15) is 4.79 Å². The predicted molar refractivity (Wildman–Crippen MR) is 60.4 cm³/mol. The minimum absolute atomic E-state index is 0.284. The quantitative estimate of drug-likeness (QED) is 0.601. The Kier molecular flexibility index (Phi) is 2.68. The van der Waals surface area contributed by atoms with E-state index in [0.29, 0.717) is 11.6 Å². The summed E-state index contributed by atoms with van der Waals surface area (Å²) in [4.78, 5) is 14.0. The number of carbonyl (C=O) groups is 1. The summed E-state index contributed by atoms with van der Waals surface area (Å²) in [7, 11) is 0. The van der Waals surface area contributed by atoms with Gasteiger partial charge in [0.2, 0.25) is 5.88 Å². The smallest absolute Gasteiger partial charge is 0.434 e. The van der Waals surface area contributed by atoms with Gasteiger partial charge in [-0.05, 0) is 25.1 Å². The molecule has 3 N–H and O–H groups in total. The number of anilines is 1. The Morgan fingerprint density at radius 2 is 2.25 bits per heavy atom. The molecule has 5 nitrogen and oxygen atoms in total. The number of rotatable bonds is 2. The van der Waals surface area contributed by atoms with Gasteiger partial charge in [0.25, 0.3) is 0 Å². The molecule has 2 rings (SSSR count). The van der Waals surface area contributed by atoms with Crippen LogP contribution in [0.5, 0.6) is 5.88 Å². The zero-order valence-electron chi connectivity index (χ0n) is 8.82. The summed E-state index contributed by atoms with van der Waals surface area (Å²) in [5, 5.41) is 0.888. The van der Waals surface area contributed by atoms with Gasteiger partial charge in [-0.2, -0.15) is 0 Å². The van der Waals surface area contributed by atoms with Crippen molar-refractivity contribution in [3.05, 3.63) is 24.3 Å². The number of aromatic nitrogens is 1. The van der Waals surface area contributed by atoms with E-state index in [-0.39, 0.29) is 6.61 Å². The van der Waals surface area contributed by atoms with Crippen LogP contribution >= 0.6 is 0 Å². The number of ether oxygens (including phenoxy) is 2. The second kappa shape index (κ2) is 4.14. The molecular formula is C11H12N2O3. The van der Waals surface area contributed by atoms with Crippen molar-refractivity contribution >= 4 is 22.7 Å². The fraction of sp³-hybridized carbons (Fsp3) is 0.182. The Balaban J connectivity index is 2.23. The third-order valence-corrected chi connectivity index (χ3v) is 2.08. The van der Waals surface area contributed by atoms with Gasteiger partial charge in [0.1, 0.15) is 0 Å². The Labute approximate surface area is 92.1 Å². The predicted octanol–water partition coefficient (Wildman–Crippen LogP) is 2.29. The molecule has 0 aliphatic heterocycles. The first-order chi connectivity index (χ1) is 7.69. The van der Waals surface area contributed by atoms with E-state index >= 15 is 0 Å². The van der Waals surface area contributed by atoms with Crippen LogP contribution in [0.3, 0.4) is 0 Å². The number of hydrogen-bond donors (Lipinski definition) is 2. The maximum Gasteiger partial charge on any atom is 0.515 e. The number of fused-ring (bicyclic) bond motifs is 1. The van der Waals surface area contributed by atoms with Crippen LogP contribution in [0.1, 0.15) is 6.92 Å². The molecule has 0 atom stereocenters. The fourth-order valence-corrected chi connectivity index (χ4v) is 1.42. The van der Waals surface area contributed by atoms with E-state index in [1.807, 2.05) is 6.07 Å². The minimum Gasteiger partial charge on any atom is -0.434 e. The monoisotopic (exact) mass is 220 g/mol. The van der Waals surface area contributed by atoms with Gasteiger partial charge >= 0.3 is 6.16 Å². The molecule has 84 valence electrons. The number of aromatic amines is 1. The minimum atomic E-state index is -0.720. The maximum atomic E-state index is 11.1. The Hall–Kier alpha value is -2.17. The van der Waals surface area contributed by atoms with Crippen molar-refractivity contribution in [2.24, 2.45) is 0 Å². The summed E-state index contributed by atoms with van der Waals surface area (Å²) in [6.07, 6.45) is -0.720. The number of carbonyl (C=O) groups excluding carboxylic acids is 1. The topological polar surface area (TPSA) is 77.3 Å². The summed E-state index contributed by atoms with van der Waals surface area (Å²) >= 11 is 0. The standard InChI is InChI=1S/C11H12N2O3/c1-2-15-11(14)16-10-6-7-5-8(12)3-4-9(7)13-10/h3-6,13H,2,12H2,1H3. The van der Waals surface area contributed by atoms with Crippen LogP contribution in [-0.2, 0) is 4.74 Å². The molecular weight excluding hydrogens is 208 g/mol. The molecule has 0 aliphatic carbocycles. The van der Waals surface area contributed by atoms with Gasteiger partial charge in [-0.15, -0.1) is 0 Å². The molecule has 0 bridgehead atoms. The molecule has 0 fully saturated rings. The number of nitrogen functional groups attached to an aromatic ring is 1. The Bertz CT molecular complexity index is 519. The molecule has 2 aromatic rings. The van der Waals surface area contributed by atoms with Crippen LogP contribution in [0.2, 0.25) is 0 Å². The average molecular weight is 220 g/mol. The van der Waals surface area contributed by atoms with Crippen LogP contribution in [0.25, 0.3) is 10.9 Å². The van der Waals surface area contributed by atoms with E-state index in [1.165, 1.54) is 0 Å². The van der Waals surface area contributed by atoms with Crippen LogP contribution < -0.4 is 10.5 Å². The van der Waals surface area contributed by atoms with Crippen molar-refractivity contribution in [1.82, 2.24) is 4.98 Å². The molecule has 0 saturated heterocycles. The highest BCUT2D eigenvalue weighted by molar-refractivity contribution is 5.85. The number of H-pyrrole nitrogens is 1. The summed E-state index contributed by atoms with van der Waals surface area (Å²) in [5.74, 6) is 0.346. The van der Waals surface area contributed by atoms with Gasteiger partial charge < -0.3 is 20.2 Å². The average Bonchev–Trinajstić information content (AvgIpc) is 2.59. The van der Waals surface area contributed by atoms with Gasteiger partial charge in [0.05, 0.1) is 6.61 Å². The number of benzene rings is 1. The summed E-state index contributed by atoms with van der Waals surface area (Å²) in [5.41, 5.74) is 7.15. The summed E-state index contributed by atoms with van der Waals surface area (Å²) in [6, 6.07) is 7.09. The van der Waals surface area contributed by atoms with E-state index < -0.39 is 6.16 Å². The molecule has 1 heterocycles. The Morgan fingerprint density at radius 3 is 3.00 bits per heavy atom. The molecule has 0 spiro atoms. The molecule has 0 aliphatic rings. The highest BCUT2D eigenvalue weighted by atomic mass is 16.7. The molecule has 1 aromatic carbocycles. The van der Waals surface area contributed by atoms with Crippen molar-refractivity contribution in [3.63, 3.8) is 0 Å². The maximum absolute atomic E-state index is 11.1. The van der Waals surface area contributed by atoms with Gasteiger partial charge in [0, 0.05) is 22.7 Å². The Morgan fingerprint density at radius 1 is 1.44 bits per heavy atom. The molecule has 0 radical (unpaired) electrons. The van der Waals surface area contributed by atoms with Gasteiger partial charge in [-0.1, -0.05) is 0 Å². The zero-order valence-corrected chi connectivity index (χ0v) is 8.82. The van der Waals surface area contributed by atoms with E-state index in [2.05, 4.69) is 9.72 Å². The highest BCUT2D eigenvalue weighted by Crippen LogP contribution is 2.22. The lowest BCUT2D eigenvalue weighted by Gasteiger charge is -1.99. The molecule has 0 saturated carbocycles. The lowest BCUT2D eigenvalue weighted by Crippen LogP contribution is -2.09. The number of hydrogen-bond acceptors (Lipinski definition) is 4. The van der Waals surface area contributed by atoms with Crippen molar-refractivity contribution in [1.29, 1.82) is 0 Å². The van der Waals surface area contributed by atoms with Crippen LogP contribution in [-0.4, -0.2) is 17.7 Å². The van der Waals surface area contributed by atoms with E-state index in [1.54, 1.807) is 25.1 Å². The fourth-order valence-electron chi connectivity index (χ4n) is 1.42. The van der Waals surface area contributed by atoms with Crippen molar-refractivity contribution in [3.8, 4) is 5.88 Å². The first-order valence-electron chi connectivity index (χ1n) is 4.92. The third kappa shape index (κ3) is 2.08. The third-order valence-electron chi connectivity index (χ3n) is 2.08. The van der Waals surface area contributed by atoms with Crippen molar-refractivity contribution in [2.45, 2.75) is 6.92 Å². The summed E-state index contributed by atoms with van der Waals surface area (Å²) < 4.78 is 9.58. The second-order valence-corrected chi connectivity index (χ2v) is 3.27. The highest BCUT2D eigenvalue weighted by Gasteiger charge is 2.07. The SMILES string of the molecule is CCOC(=O)Oc1cc2cc(N)ccc2[nH]1. The van der Waals surface area contributed by atoms with Crippen molar-refractivity contribution in [2.75, 3.05) is 12.3 Å². The van der Waals surface area contributed by atoms with Gasteiger partial charge in [-0.25, -0.2) is 4.79 Å².